The monoisotopic (exact) mass is 263 g/mol. The normalized spacial score (nSPS) is 10.7. The molecular formula is C16H25NO2. The van der Waals surface area contributed by atoms with E-state index in [9.17, 15) is 4.79 Å². The molecule has 0 spiro atoms. The van der Waals surface area contributed by atoms with Crippen molar-refractivity contribution in [2.45, 2.75) is 32.6 Å². The number of likely N-dealkylation sites (N-methyl/N-ethyl adjacent to an activating group) is 1. The molecule has 0 bridgehead atoms. The van der Waals surface area contributed by atoms with E-state index in [1.54, 1.807) is 0 Å². The van der Waals surface area contributed by atoms with Gasteiger partial charge in [0, 0.05) is 6.54 Å². The van der Waals surface area contributed by atoms with Crippen LogP contribution in [0.1, 0.15) is 42.1 Å². The summed E-state index contributed by atoms with van der Waals surface area (Å²) in [6.07, 6.45) is 4.79. The van der Waals surface area contributed by atoms with E-state index < -0.39 is 0 Å². The summed E-state index contributed by atoms with van der Waals surface area (Å²) in [5.74, 6) is -0.234. The van der Waals surface area contributed by atoms with Crippen LogP contribution >= 0.6 is 0 Å². The van der Waals surface area contributed by atoms with Gasteiger partial charge in [0.1, 0.15) is 6.61 Å². The fourth-order valence-electron chi connectivity index (χ4n) is 1.79. The van der Waals surface area contributed by atoms with Gasteiger partial charge in [-0.3, -0.25) is 0 Å². The summed E-state index contributed by atoms with van der Waals surface area (Å²) in [5, 5.41) is 0. The Hall–Kier alpha value is -1.35. The zero-order valence-corrected chi connectivity index (χ0v) is 12.3. The van der Waals surface area contributed by atoms with E-state index in [1.807, 2.05) is 43.3 Å². The van der Waals surface area contributed by atoms with Crippen LogP contribution in [0.4, 0.5) is 0 Å². The number of carbonyl (C=O) groups is 1. The molecule has 0 heterocycles. The van der Waals surface area contributed by atoms with E-state index in [0.29, 0.717) is 12.2 Å². The van der Waals surface area contributed by atoms with Crippen molar-refractivity contribution in [1.82, 2.24) is 4.90 Å². The van der Waals surface area contributed by atoms with Crippen LogP contribution < -0.4 is 0 Å². The third-order valence-corrected chi connectivity index (χ3v) is 3.03. The Morgan fingerprint density at radius 3 is 2.42 bits per heavy atom. The molecule has 0 atom stereocenters. The number of esters is 1. The third-order valence-electron chi connectivity index (χ3n) is 3.03. The Morgan fingerprint density at radius 1 is 1.16 bits per heavy atom. The first kappa shape index (κ1) is 15.7. The minimum absolute atomic E-state index is 0.234. The Bertz CT molecular complexity index is 371. The van der Waals surface area contributed by atoms with Gasteiger partial charge in [-0.05, 0) is 44.6 Å². The largest absolute Gasteiger partial charge is 0.461 e. The molecule has 1 aromatic carbocycles. The average Bonchev–Trinajstić information content (AvgIpc) is 2.39. The second-order valence-electron chi connectivity index (χ2n) is 5.09. The van der Waals surface area contributed by atoms with Gasteiger partial charge < -0.3 is 9.64 Å². The highest BCUT2D eigenvalue weighted by atomic mass is 16.5. The summed E-state index contributed by atoms with van der Waals surface area (Å²) in [6, 6.07) is 7.77. The van der Waals surface area contributed by atoms with Crippen LogP contribution in [0.25, 0.3) is 0 Å². The second kappa shape index (κ2) is 8.70. The van der Waals surface area contributed by atoms with Crippen LogP contribution in [-0.4, -0.2) is 38.1 Å². The van der Waals surface area contributed by atoms with Gasteiger partial charge in [-0.25, -0.2) is 4.79 Å². The number of nitrogens with zero attached hydrogens (tertiary/aromatic N) is 1. The van der Waals surface area contributed by atoms with Crippen molar-refractivity contribution in [3.63, 3.8) is 0 Å². The van der Waals surface area contributed by atoms with Gasteiger partial charge in [0.2, 0.25) is 0 Å². The van der Waals surface area contributed by atoms with Crippen LogP contribution in [0.2, 0.25) is 0 Å². The molecule has 0 amide bonds. The first-order chi connectivity index (χ1) is 9.13. The van der Waals surface area contributed by atoms with Crippen molar-refractivity contribution in [1.29, 1.82) is 0 Å². The molecule has 0 radical (unpaired) electrons. The van der Waals surface area contributed by atoms with E-state index in [1.165, 1.54) is 24.8 Å². The average molecular weight is 263 g/mol. The quantitative estimate of drug-likeness (QED) is 0.533. The summed E-state index contributed by atoms with van der Waals surface area (Å²) in [6.45, 7) is 3.39. The van der Waals surface area contributed by atoms with Crippen LogP contribution in [0.15, 0.2) is 24.3 Å². The zero-order valence-electron chi connectivity index (χ0n) is 12.3. The maximum absolute atomic E-state index is 11.8. The number of hydrogen-bond acceptors (Lipinski definition) is 3. The smallest absolute Gasteiger partial charge is 0.338 e. The molecule has 0 aromatic heterocycles. The van der Waals surface area contributed by atoms with E-state index in [4.69, 9.17) is 4.74 Å². The first-order valence-corrected chi connectivity index (χ1v) is 7.04. The molecule has 0 aliphatic rings. The Balaban J connectivity index is 2.39. The molecule has 106 valence electrons. The van der Waals surface area contributed by atoms with Crippen molar-refractivity contribution in [3.05, 3.63) is 35.4 Å². The Kier molecular flexibility index (Phi) is 7.19. The molecule has 0 aliphatic heterocycles. The van der Waals surface area contributed by atoms with Gasteiger partial charge in [0.15, 0.2) is 0 Å². The highest BCUT2D eigenvalue weighted by Gasteiger charge is 2.06. The molecule has 19 heavy (non-hydrogen) atoms. The van der Waals surface area contributed by atoms with E-state index >= 15 is 0 Å². The zero-order chi connectivity index (χ0) is 14.1. The molecule has 0 unspecified atom stereocenters. The number of aryl methyl sites for hydroxylation is 1. The lowest BCUT2D eigenvalue weighted by Gasteiger charge is -2.10. The van der Waals surface area contributed by atoms with Crippen LogP contribution in [0.5, 0.6) is 0 Å². The summed E-state index contributed by atoms with van der Waals surface area (Å²) < 4.78 is 5.20. The molecule has 0 fully saturated rings. The minimum Gasteiger partial charge on any atom is -0.461 e. The van der Waals surface area contributed by atoms with Crippen molar-refractivity contribution < 1.29 is 9.53 Å². The number of carbonyl (C=O) groups excluding carboxylic acids is 1. The van der Waals surface area contributed by atoms with Crippen LogP contribution in [0.3, 0.4) is 0 Å². The number of unbranched alkanes of at least 4 members (excludes halogenated alkanes) is 2. The summed E-state index contributed by atoms with van der Waals surface area (Å²) in [5.41, 5.74) is 1.93. The summed E-state index contributed by atoms with van der Waals surface area (Å²) >= 11 is 0. The maximum atomic E-state index is 11.8. The van der Waals surface area contributed by atoms with Crippen LogP contribution in [0, 0.1) is 0 Å². The highest BCUT2D eigenvalue weighted by molar-refractivity contribution is 5.89. The molecule has 1 aromatic rings. The predicted molar refractivity (Wildman–Crippen MR) is 78.5 cm³/mol. The second-order valence-corrected chi connectivity index (χ2v) is 5.09. The van der Waals surface area contributed by atoms with Gasteiger partial charge in [-0.1, -0.05) is 31.9 Å². The molecule has 1 rings (SSSR count). The molecule has 0 saturated carbocycles. The fourth-order valence-corrected chi connectivity index (χ4v) is 1.79. The third kappa shape index (κ3) is 6.39. The SMILES string of the molecule is CCCCCc1ccc(C(=O)OCCN(C)C)cc1. The number of rotatable bonds is 8. The summed E-state index contributed by atoms with van der Waals surface area (Å²) in [4.78, 5) is 13.7. The standard InChI is InChI=1S/C16H25NO2/c1-4-5-6-7-14-8-10-15(11-9-14)16(18)19-13-12-17(2)3/h8-11H,4-7,12-13H2,1-3H3. The predicted octanol–water partition coefficient (Wildman–Crippen LogP) is 3.14. The van der Waals surface area contributed by atoms with E-state index in [0.717, 1.165) is 13.0 Å². The van der Waals surface area contributed by atoms with Crippen molar-refractivity contribution >= 4 is 5.97 Å². The van der Waals surface area contributed by atoms with Crippen molar-refractivity contribution in [2.75, 3.05) is 27.2 Å². The Morgan fingerprint density at radius 2 is 1.84 bits per heavy atom. The van der Waals surface area contributed by atoms with Gasteiger partial charge in [0.25, 0.3) is 0 Å². The topological polar surface area (TPSA) is 29.5 Å². The van der Waals surface area contributed by atoms with E-state index in [2.05, 4.69) is 6.92 Å². The molecule has 3 nitrogen and oxygen atoms in total. The van der Waals surface area contributed by atoms with Crippen molar-refractivity contribution in [3.8, 4) is 0 Å². The first-order valence-electron chi connectivity index (χ1n) is 7.04. The maximum Gasteiger partial charge on any atom is 0.338 e. The molecular weight excluding hydrogens is 238 g/mol. The van der Waals surface area contributed by atoms with E-state index in [-0.39, 0.29) is 5.97 Å². The molecule has 3 heteroatoms. The lowest BCUT2D eigenvalue weighted by Crippen LogP contribution is -2.20. The molecule has 0 N–H and O–H groups in total. The van der Waals surface area contributed by atoms with Gasteiger partial charge in [0.05, 0.1) is 5.56 Å². The minimum atomic E-state index is -0.234. The van der Waals surface area contributed by atoms with Crippen molar-refractivity contribution in [2.24, 2.45) is 0 Å². The van der Waals surface area contributed by atoms with Gasteiger partial charge >= 0.3 is 5.97 Å². The van der Waals surface area contributed by atoms with Crippen LogP contribution in [-0.2, 0) is 11.2 Å². The molecule has 0 aliphatic carbocycles. The number of benzene rings is 1. The number of ether oxygens (including phenoxy) is 1. The van der Waals surface area contributed by atoms with Gasteiger partial charge in [-0.2, -0.15) is 0 Å². The lowest BCUT2D eigenvalue weighted by atomic mass is 10.1. The number of hydrogen-bond donors (Lipinski definition) is 0. The molecule has 0 saturated heterocycles. The summed E-state index contributed by atoms with van der Waals surface area (Å²) in [7, 11) is 3.91. The fraction of sp³-hybridized carbons (Fsp3) is 0.562. The highest BCUT2D eigenvalue weighted by Crippen LogP contribution is 2.09. The Labute approximate surface area is 116 Å². The van der Waals surface area contributed by atoms with Gasteiger partial charge in [-0.15, -0.1) is 0 Å². The lowest BCUT2D eigenvalue weighted by molar-refractivity contribution is 0.0482.